The molecule has 1 saturated heterocycles. The van der Waals surface area contributed by atoms with Crippen molar-refractivity contribution in [3.63, 3.8) is 0 Å². The van der Waals surface area contributed by atoms with Gasteiger partial charge in [-0.2, -0.15) is 5.26 Å². The lowest BCUT2D eigenvalue weighted by molar-refractivity contribution is 0.0466. The van der Waals surface area contributed by atoms with Crippen LogP contribution in [0.3, 0.4) is 0 Å². The van der Waals surface area contributed by atoms with Gasteiger partial charge in [0, 0.05) is 45.4 Å². The Morgan fingerprint density at radius 1 is 1.38 bits per heavy atom. The number of nitriles is 1. The second kappa shape index (κ2) is 8.14. The molecule has 2 rings (SSSR count). The van der Waals surface area contributed by atoms with E-state index in [0.29, 0.717) is 6.04 Å². The molecule has 0 radical (unpaired) electrons. The average molecular weight is 287 g/mol. The second-order valence-corrected chi connectivity index (χ2v) is 5.63. The van der Waals surface area contributed by atoms with Crippen LogP contribution in [0.15, 0.2) is 24.3 Å². The Balaban J connectivity index is 1.83. The van der Waals surface area contributed by atoms with Crippen molar-refractivity contribution in [3.05, 3.63) is 35.4 Å². The van der Waals surface area contributed by atoms with Crippen LogP contribution in [0, 0.1) is 11.3 Å². The summed E-state index contributed by atoms with van der Waals surface area (Å²) < 4.78 is 5.45. The highest BCUT2D eigenvalue weighted by Crippen LogP contribution is 2.13. The van der Waals surface area contributed by atoms with Crippen LogP contribution in [0.2, 0.25) is 0 Å². The molecule has 0 saturated carbocycles. The highest BCUT2D eigenvalue weighted by molar-refractivity contribution is 5.32. The standard InChI is InChI=1S/C17H25N3O/c1-3-21-10-9-20-8-7-19(13-15(20)2)14-17-6-4-5-16(11-17)12-18/h4-6,11,15H,3,7-10,13-14H2,1-2H3/t15-/m1/s1. The fourth-order valence-corrected chi connectivity index (χ4v) is 2.87. The summed E-state index contributed by atoms with van der Waals surface area (Å²) in [6.07, 6.45) is 0. The number of hydrogen-bond acceptors (Lipinski definition) is 4. The molecule has 4 heteroatoms. The summed E-state index contributed by atoms with van der Waals surface area (Å²) in [5, 5.41) is 8.97. The van der Waals surface area contributed by atoms with Gasteiger partial charge in [-0.15, -0.1) is 0 Å². The van der Waals surface area contributed by atoms with Crippen LogP contribution in [0.5, 0.6) is 0 Å². The molecular formula is C17H25N3O. The molecule has 0 aromatic heterocycles. The molecule has 0 bridgehead atoms. The number of ether oxygens (including phenoxy) is 1. The van der Waals surface area contributed by atoms with Crippen LogP contribution < -0.4 is 0 Å². The molecule has 0 unspecified atom stereocenters. The van der Waals surface area contributed by atoms with Crippen molar-refractivity contribution in [2.45, 2.75) is 26.4 Å². The quantitative estimate of drug-likeness (QED) is 0.751. The molecule has 0 N–H and O–H groups in total. The molecule has 0 spiro atoms. The average Bonchev–Trinajstić information content (AvgIpc) is 2.50. The van der Waals surface area contributed by atoms with Gasteiger partial charge in [-0.05, 0) is 31.5 Å². The smallest absolute Gasteiger partial charge is 0.0991 e. The van der Waals surface area contributed by atoms with E-state index in [0.717, 1.165) is 51.5 Å². The van der Waals surface area contributed by atoms with Crippen LogP contribution >= 0.6 is 0 Å². The zero-order chi connectivity index (χ0) is 15.1. The maximum absolute atomic E-state index is 8.97. The molecule has 1 heterocycles. The first-order chi connectivity index (χ1) is 10.2. The van der Waals surface area contributed by atoms with Gasteiger partial charge in [0.05, 0.1) is 18.2 Å². The summed E-state index contributed by atoms with van der Waals surface area (Å²) in [6.45, 7) is 11.1. The molecular weight excluding hydrogens is 262 g/mol. The predicted octanol–water partition coefficient (Wildman–Crippen LogP) is 2.10. The molecule has 1 aromatic carbocycles. The van der Waals surface area contributed by atoms with Crippen molar-refractivity contribution >= 4 is 0 Å². The van der Waals surface area contributed by atoms with E-state index in [1.54, 1.807) is 0 Å². The largest absolute Gasteiger partial charge is 0.380 e. The topological polar surface area (TPSA) is 39.5 Å². The zero-order valence-corrected chi connectivity index (χ0v) is 13.1. The number of piperazine rings is 1. The van der Waals surface area contributed by atoms with Crippen molar-refractivity contribution in [2.75, 3.05) is 39.4 Å². The van der Waals surface area contributed by atoms with Crippen LogP contribution in [0.1, 0.15) is 25.0 Å². The Bertz CT molecular complexity index is 483. The molecule has 1 atom stereocenters. The van der Waals surface area contributed by atoms with E-state index < -0.39 is 0 Å². The molecule has 0 amide bonds. The lowest BCUT2D eigenvalue weighted by Crippen LogP contribution is -2.52. The Morgan fingerprint density at radius 3 is 2.95 bits per heavy atom. The number of rotatable bonds is 6. The Hall–Kier alpha value is -1.41. The minimum absolute atomic E-state index is 0.554. The molecule has 21 heavy (non-hydrogen) atoms. The van der Waals surface area contributed by atoms with Crippen LogP contribution in [-0.4, -0.2) is 55.2 Å². The van der Waals surface area contributed by atoms with E-state index >= 15 is 0 Å². The van der Waals surface area contributed by atoms with E-state index in [2.05, 4.69) is 28.9 Å². The monoisotopic (exact) mass is 287 g/mol. The van der Waals surface area contributed by atoms with Gasteiger partial charge in [0.1, 0.15) is 0 Å². The van der Waals surface area contributed by atoms with Gasteiger partial charge in [-0.25, -0.2) is 0 Å². The normalized spacial score (nSPS) is 20.3. The van der Waals surface area contributed by atoms with Gasteiger partial charge >= 0.3 is 0 Å². The highest BCUT2D eigenvalue weighted by Gasteiger charge is 2.23. The SMILES string of the molecule is CCOCCN1CCN(Cc2cccc(C#N)c2)C[C@H]1C. The molecule has 1 aliphatic heterocycles. The minimum Gasteiger partial charge on any atom is -0.380 e. The fourth-order valence-electron chi connectivity index (χ4n) is 2.87. The third-order valence-corrected chi connectivity index (χ3v) is 4.04. The Labute approximate surface area is 127 Å². The van der Waals surface area contributed by atoms with E-state index in [1.165, 1.54) is 5.56 Å². The van der Waals surface area contributed by atoms with Crippen LogP contribution in [-0.2, 0) is 11.3 Å². The molecule has 114 valence electrons. The molecule has 1 aromatic rings. The van der Waals surface area contributed by atoms with Crippen molar-refractivity contribution in [2.24, 2.45) is 0 Å². The molecule has 1 fully saturated rings. The fraction of sp³-hybridized carbons (Fsp3) is 0.588. The summed E-state index contributed by atoms with van der Waals surface area (Å²) in [6, 6.07) is 10.7. The first-order valence-corrected chi connectivity index (χ1v) is 7.76. The van der Waals surface area contributed by atoms with Crippen molar-refractivity contribution in [1.82, 2.24) is 9.80 Å². The maximum atomic E-state index is 8.97. The second-order valence-electron chi connectivity index (χ2n) is 5.63. The first-order valence-electron chi connectivity index (χ1n) is 7.76. The van der Waals surface area contributed by atoms with Gasteiger partial charge in [-0.3, -0.25) is 9.80 Å². The van der Waals surface area contributed by atoms with Crippen molar-refractivity contribution in [1.29, 1.82) is 5.26 Å². The van der Waals surface area contributed by atoms with Gasteiger partial charge in [0.25, 0.3) is 0 Å². The molecule has 1 aliphatic rings. The molecule has 0 aliphatic carbocycles. The first kappa shape index (κ1) is 16.0. The van der Waals surface area contributed by atoms with Gasteiger partial charge < -0.3 is 4.74 Å². The van der Waals surface area contributed by atoms with Gasteiger partial charge in [-0.1, -0.05) is 12.1 Å². The van der Waals surface area contributed by atoms with Gasteiger partial charge in [0.15, 0.2) is 0 Å². The lowest BCUT2D eigenvalue weighted by atomic mass is 10.1. The summed E-state index contributed by atoms with van der Waals surface area (Å²) >= 11 is 0. The van der Waals surface area contributed by atoms with E-state index in [1.807, 2.05) is 25.1 Å². The van der Waals surface area contributed by atoms with E-state index in [9.17, 15) is 0 Å². The summed E-state index contributed by atoms with van der Waals surface area (Å²) in [7, 11) is 0. The maximum Gasteiger partial charge on any atom is 0.0991 e. The van der Waals surface area contributed by atoms with E-state index in [-0.39, 0.29) is 0 Å². The Morgan fingerprint density at radius 2 is 2.24 bits per heavy atom. The summed E-state index contributed by atoms with van der Waals surface area (Å²) in [4.78, 5) is 4.97. The molecule has 4 nitrogen and oxygen atoms in total. The Kier molecular flexibility index (Phi) is 6.19. The zero-order valence-electron chi connectivity index (χ0n) is 13.1. The summed E-state index contributed by atoms with van der Waals surface area (Å²) in [5.74, 6) is 0. The lowest BCUT2D eigenvalue weighted by Gasteiger charge is -2.39. The third kappa shape index (κ3) is 4.82. The van der Waals surface area contributed by atoms with Crippen LogP contribution in [0.4, 0.5) is 0 Å². The minimum atomic E-state index is 0.554. The number of benzene rings is 1. The van der Waals surface area contributed by atoms with Crippen molar-refractivity contribution < 1.29 is 4.74 Å². The summed E-state index contributed by atoms with van der Waals surface area (Å²) in [5.41, 5.74) is 1.97. The van der Waals surface area contributed by atoms with E-state index in [4.69, 9.17) is 10.00 Å². The van der Waals surface area contributed by atoms with Crippen molar-refractivity contribution in [3.8, 4) is 6.07 Å². The number of hydrogen-bond donors (Lipinski definition) is 0. The number of nitrogens with zero attached hydrogens (tertiary/aromatic N) is 3. The highest BCUT2D eigenvalue weighted by atomic mass is 16.5. The predicted molar refractivity (Wildman–Crippen MR) is 84.0 cm³/mol. The van der Waals surface area contributed by atoms with Gasteiger partial charge in [0.2, 0.25) is 0 Å². The van der Waals surface area contributed by atoms with Crippen LogP contribution in [0.25, 0.3) is 0 Å². The third-order valence-electron chi connectivity index (χ3n) is 4.04.